The molecule has 1 amide bonds. The summed E-state index contributed by atoms with van der Waals surface area (Å²) in [5, 5.41) is 9.94. The summed E-state index contributed by atoms with van der Waals surface area (Å²) in [5.74, 6) is 0.834. The van der Waals surface area contributed by atoms with Crippen LogP contribution in [0, 0.1) is 13.8 Å². The molecule has 8 heteroatoms. The predicted octanol–water partition coefficient (Wildman–Crippen LogP) is 2.87. The van der Waals surface area contributed by atoms with Gasteiger partial charge >= 0.3 is 0 Å². The van der Waals surface area contributed by atoms with Gasteiger partial charge in [0.25, 0.3) is 5.91 Å². The van der Waals surface area contributed by atoms with Crippen molar-refractivity contribution in [2.75, 3.05) is 5.32 Å². The van der Waals surface area contributed by atoms with E-state index in [2.05, 4.69) is 20.4 Å². The molecule has 3 aromatic rings. The summed E-state index contributed by atoms with van der Waals surface area (Å²) in [7, 11) is 1.75. The Morgan fingerprint density at radius 1 is 1.33 bits per heavy atom. The second-order valence-electron chi connectivity index (χ2n) is 4.46. The van der Waals surface area contributed by atoms with E-state index in [4.69, 9.17) is 0 Å². The number of thiophene rings is 1. The van der Waals surface area contributed by atoms with Gasteiger partial charge in [0.05, 0.1) is 15.6 Å². The van der Waals surface area contributed by atoms with Crippen molar-refractivity contribution >= 4 is 34.5 Å². The minimum atomic E-state index is -0.202. The standard InChI is InChI=1S/C13H13N5OS2/c1-7-10(21-8(2)14-7)12(19)16-13-15-11(17-18(13)3)9-5-4-6-20-9/h4-6H,1-3H3,(H,15,16,17,19). The molecule has 0 radical (unpaired) electrons. The lowest BCUT2D eigenvalue weighted by Gasteiger charge is -2.01. The monoisotopic (exact) mass is 319 g/mol. The quantitative estimate of drug-likeness (QED) is 0.805. The molecule has 0 aliphatic heterocycles. The zero-order chi connectivity index (χ0) is 15.0. The highest BCUT2D eigenvalue weighted by atomic mass is 32.1. The first-order chi connectivity index (χ1) is 10.0. The number of aromatic nitrogens is 4. The van der Waals surface area contributed by atoms with E-state index in [0.29, 0.717) is 16.6 Å². The van der Waals surface area contributed by atoms with Crippen LogP contribution in [0.1, 0.15) is 20.4 Å². The Hall–Kier alpha value is -2.06. The molecular formula is C13H13N5OS2. The molecular weight excluding hydrogens is 306 g/mol. The van der Waals surface area contributed by atoms with Gasteiger partial charge in [-0.3, -0.25) is 10.1 Å². The molecule has 3 rings (SSSR count). The summed E-state index contributed by atoms with van der Waals surface area (Å²) < 4.78 is 1.57. The Labute approximate surface area is 129 Å². The van der Waals surface area contributed by atoms with Crippen molar-refractivity contribution in [3.05, 3.63) is 33.1 Å². The number of thiazole rings is 1. The first-order valence-electron chi connectivity index (χ1n) is 6.25. The molecule has 3 heterocycles. The summed E-state index contributed by atoms with van der Waals surface area (Å²) in [6.45, 7) is 3.71. The third kappa shape index (κ3) is 2.72. The third-order valence-electron chi connectivity index (χ3n) is 2.84. The van der Waals surface area contributed by atoms with E-state index >= 15 is 0 Å². The van der Waals surface area contributed by atoms with Gasteiger partial charge in [0.1, 0.15) is 4.88 Å². The van der Waals surface area contributed by atoms with E-state index in [-0.39, 0.29) is 5.91 Å². The van der Waals surface area contributed by atoms with E-state index in [9.17, 15) is 4.79 Å². The van der Waals surface area contributed by atoms with Gasteiger partial charge in [-0.2, -0.15) is 4.98 Å². The van der Waals surface area contributed by atoms with E-state index in [1.165, 1.54) is 11.3 Å². The van der Waals surface area contributed by atoms with Crippen LogP contribution in [0.5, 0.6) is 0 Å². The molecule has 0 aliphatic carbocycles. The fourth-order valence-corrected chi connectivity index (χ4v) is 3.37. The molecule has 108 valence electrons. The minimum Gasteiger partial charge on any atom is -0.290 e. The molecule has 1 N–H and O–H groups in total. The Morgan fingerprint density at radius 3 is 2.76 bits per heavy atom. The summed E-state index contributed by atoms with van der Waals surface area (Å²) in [6, 6.07) is 3.89. The molecule has 0 fully saturated rings. The van der Waals surface area contributed by atoms with Gasteiger partial charge in [0, 0.05) is 7.05 Å². The minimum absolute atomic E-state index is 0.202. The van der Waals surface area contributed by atoms with Crippen LogP contribution >= 0.6 is 22.7 Å². The lowest BCUT2D eigenvalue weighted by molar-refractivity contribution is 0.102. The SMILES string of the molecule is Cc1nc(C)c(C(=O)Nc2nc(-c3cccs3)nn2C)s1. The van der Waals surface area contributed by atoms with Gasteiger partial charge in [0.15, 0.2) is 5.82 Å². The van der Waals surface area contributed by atoms with Gasteiger partial charge < -0.3 is 0 Å². The molecule has 0 bridgehead atoms. The van der Waals surface area contributed by atoms with Crippen LogP contribution in [0.15, 0.2) is 17.5 Å². The second-order valence-corrected chi connectivity index (χ2v) is 6.61. The van der Waals surface area contributed by atoms with Gasteiger partial charge in [-0.15, -0.1) is 27.8 Å². The molecule has 0 aromatic carbocycles. The van der Waals surface area contributed by atoms with E-state index < -0.39 is 0 Å². The molecule has 0 saturated heterocycles. The first kappa shape index (κ1) is 13.9. The predicted molar refractivity (Wildman–Crippen MR) is 83.9 cm³/mol. The van der Waals surface area contributed by atoms with Crippen molar-refractivity contribution < 1.29 is 4.79 Å². The first-order valence-corrected chi connectivity index (χ1v) is 7.94. The fraction of sp³-hybridized carbons (Fsp3) is 0.231. The highest BCUT2D eigenvalue weighted by molar-refractivity contribution is 7.14. The maximum absolute atomic E-state index is 12.3. The highest BCUT2D eigenvalue weighted by Gasteiger charge is 2.17. The molecule has 0 atom stereocenters. The Morgan fingerprint density at radius 2 is 2.14 bits per heavy atom. The van der Waals surface area contributed by atoms with Gasteiger partial charge in [-0.05, 0) is 25.3 Å². The third-order valence-corrected chi connectivity index (χ3v) is 4.78. The number of amides is 1. The summed E-state index contributed by atoms with van der Waals surface area (Å²) >= 11 is 2.93. The molecule has 3 aromatic heterocycles. The molecule has 21 heavy (non-hydrogen) atoms. The highest BCUT2D eigenvalue weighted by Crippen LogP contribution is 2.23. The Bertz CT molecular complexity index is 788. The molecule has 6 nitrogen and oxygen atoms in total. The molecule has 0 aliphatic rings. The number of nitrogens with zero attached hydrogens (tertiary/aromatic N) is 4. The largest absolute Gasteiger partial charge is 0.290 e. The molecule has 0 unspecified atom stereocenters. The summed E-state index contributed by atoms with van der Waals surface area (Å²) in [5.41, 5.74) is 0.732. The lowest BCUT2D eigenvalue weighted by Crippen LogP contribution is -2.15. The number of nitrogens with one attached hydrogen (secondary N) is 1. The number of hydrogen-bond acceptors (Lipinski definition) is 6. The number of hydrogen-bond donors (Lipinski definition) is 1. The smallest absolute Gasteiger partial charge is 0.270 e. The van der Waals surface area contributed by atoms with Crippen molar-refractivity contribution in [3.8, 4) is 10.7 Å². The van der Waals surface area contributed by atoms with Crippen LogP contribution in [0.3, 0.4) is 0 Å². The Balaban J connectivity index is 1.85. The average molecular weight is 319 g/mol. The van der Waals surface area contributed by atoms with Gasteiger partial charge in [0.2, 0.25) is 5.95 Å². The average Bonchev–Trinajstić information content (AvgIpc) is 3.11. The summed E-state index contributed by atoms with van der Waals surface area (Å²) in [6.07, 6.45) is 0. The van der Waals surface area contributed by atoms with Gasteiger partial charge in [-0.1, -0.05) is 6.07 Å². The number of carbonyl (C=O) groups excluding carboxylic acids is 1. The van der Waals surface area contributed by atoms with Crippen molar-refractivity contribution in [1.29, 1.82) is 0 Å². The number of anilines is 1. The topological polar surface area (TPSA) is 72.7 Å². The number of aryl methyl sites for hydroxylation is 3. The maximum Gasteiger partial charge on any atom is 0.270 e. The zero-order valence-corrected chi connectivity index (χ0v) is 13.4. The number of rotatable bonds is 3. The Kier molecular flexibility index (Phi) is 3.56. The lowest BCUT2D eigenvalue weighted by atomic mass is 10.4. The summed E-state index contributed by atoms with van der Waals surface area (Å²) in [4.78, 5) is 22.5. The second kappa shape index (κ2) is 5.38. The van der Waals surface area contributed by atoms with E-state index in [1.54, 1.807) is 23.1 Å². The fourth-order valence-electron chi connectivity index (χ4n) is 1.90. The molecule has 0 spiro atoms. The van der Waals surface area contributed by atoms with Gasteiger partial charge in [-0.25, -0.2) is 9.67 Å². The van der Waals surface area contributed by atoms with Crippen molar-refractivity contribution in [2.45, 2.75) is 13.8 Å². The maximum atomic E-state index is 12.3. The van der Waals surface area contributed by atoms with Crippen LogP contribution in [0.2, 0.25) is 0 Å². The number of carbonyl (C=O) groups is 1. The van der Waals surface area contributed by atoms with Crippen LogP contribution in [-0.2, 0) is 7.05 Å². The van der Waals surface area contributed by atoms with Crippen molar-refractivity contribution in [3.63, 3.8) is 0 Å². The van der Waals surface area contributed by atoms with Crippen LogP contribution in [0.4, 0.5) is 5.95 Å². The zero-order valence-electron chi connectivity index (χ0n) is 11.7. The normalized spacial score (nSPS) is 10.8. The van der Waals surface area contributed by atoms with Crippen molar-refractivity contribution in [2.24, 2.45) is 7.05 Å². The van der Waals surface area contributed by atoms with E-state index in [0.717, 1.165) is 15.6 Å². The van der Waals surface area contributed by atoms with Crippen LogP contribution in [-0.4, -0.2) is 25.7 Å². The van der Waals surface area contributed by atoms with E-state index in [1.807, 2.05) is 31.4 Å². The van der Waals surface area contributed by atoms with Crippen molar-refractivity contribution in [1.82, 2.24) is 19.7 Å². The van der Waals surface area contributed by atoms with Crippen LogP contribution < -0.4 is 5.32 Å². The van der Waals surface area contributed by atoms with Crippen LogP contribution in [0.25, 0.3) is 10.7 Å². The molecule has 0 saturated carbocycles.